The Morgan fingerprint density at radius 3 is 2.75 bits per heavy atom. The molecular formula is C17H22N2O4S. The maximum atomic E-state index is 12.5. The van der Waals surface area contributed by atoms with Gasteiger partial charge in [-0.1, -0.05) is 20.8 Å². The number of rotatable bonds is 4. The van der Waals surface area contributed by atoms with Crippen LogP contribution in [-0.2, 0) is 28.4 Å². The van der Waals surface area contributed by atoms with Crippen LogP contribution in [0.25, 0.3) is 0 Å². The molecule has 130 valence electrons. The highest BCUT2D eigenvalue weighted by Gasteiger charge is 2.23. The summed E-state index contributed by atoms with van der Waals surface area (Å²) in [5, 5.41) is 0. The highest BCUT2D eigenvalue weighted by molar-refractivity contribution is 7.89. The molecule has 0 bridgehead atoms. The molecule has 0 fully saturated rings. The largest absolute Gasteiger partial charge is 0.490 e. The lowest BCUT2D eigenvalue weighted by Crippen LogP contribution is -2.23. The predicted molar refractivity (Wildman–Crippen MR) is 89.5 cm³/mol. The van der Waals surface area contributed by atoms with E-state index in [1.807, 2.05) is 27.7 Å². The molecule has 2 heterocycles. The van der Waals surface area contributed by atoms with Crippen molar-refractivity contribution in [2.24, 2.45) is 0 Å². The van der Waals surface area contributed by atoms with Crippen molar-refractivity contribution in [2.45, 2.75) is 57.1 Å². The van der Waals surface area contributed by atoms with Gasteiger partial charge in [0.25, 0.3) is 0 Å². The molecule has 1 aromatic carbocycles. The first kappa shape index (κ1) is 17.0. The zero-order valence-corrected chi connectivity index (χ0v) is 15.1. The van der Waals surface area contributed by atoms with Gasteiger partial charge in [0.05, 0.1) is 17.1 Å². The molecule has 1 unspecified atom stereocenters. The molecule has 1 N–H and O–H groups in total. The van der Waals surface area contributed by atoms with Crippen LogP contribution < -0.4 is 9.46 Å². The molecule has 0 radical (unpaired) electrons. The molecule has 6 nitrogen and oxygen atoms in total. The summed E-state index contributed by atoms with van der Waals surface area (Å²) >= 11 is 0. The first-order valence-corrected chi connectivity index (χ1v) is 9.37. The van der Waals surface area contributed by atoms with Crippen molar-refractivity contribution in [3.05, 3.63) is 41.6 Å². The van der Waals surface area contributed by atoms with Crippen LogP contribution in [0.2, 0.25) is 0 Å². The first-order chi connectivity index (χ1) is 11.1. The molecule has 24 heavy (non-hydrogen) atoms. The predicted octanol–water partition coefficient (Wildman–Crippen LogP) is 2.77. The quantitative estimate of drug-likeness (QED) is 0.917. The summed E-state index contributed by atoms with van der Waals surface area (Å²) in [4.78, 5) is 4.56. The molecule has 1 aliphatic heterocycles. The van der Waals surface area contributed by atoms with Gasteiger partial charge in [0, 0.05) is 11.8 Å². The summed E-state index contributed by atoms with van der Waals surface area (Å²) in [6.07, 6.45) is 2.36. The van der Waals surface area contributed by atoms with Gasteiger partial charge in [-0.3, -0.25) is 0 Å². The Bertz CT molecular complexity index is 850. The zero-order valence-electron chi connectivity index (χ0n) is 14.3. The van der Waals surface area contributed by atoms with Crippen LogP contribution in [-0.4, -0.2) is 19.5 Å². The number of fused-ring (bicyclic) bond motifs is 1. The van der Waals surface area contributed by atoms with Gasteiger partial charge in [-0.2, -0.15) is 0 Å². The van der Waals surface area contributed by atoms with Gasteiger partial charge in [0.15, 0.2) is 0 Å². The van der Waals surface area contributed by atoms with E-state index in [1.165, 1.54) is 0 Å². The average Bonchev–Trinajstić information content (AvgIpc) is 3.09. The highest BCUT2D eigenvalue weighted by atomic mass is 32.2. The van der Waals surface area contributed by atoms with E-state index in [2.05, 4.69) is 9.71 Å². The number of hydrogen-bond acceptors (Lipinski definition) is 5. The molecule has 0 saturated heterocycles. The Kier molecular flexibility index (Phi) is 4.17. The third kappa shape index (κ3) is 3.47. The fraction of sp³-hybridized carbons (Fsp3) is 0.471. The number of aromatic nitrogens is 1. The Morgan fingerprint density at radius 1 is 1.33 bits per heavy atom. The SMILES string of the molecule is CC1Cc2cc(S(=O)(=O)NCc3nc(C(C)(C)C)co3)ccc2O1. The minimum Gasteiger partial charge on any atom is -0.490 e. The molecule has 1 atom stereocenters. The van der Waals surface area contributed by atoms with Crippen molar-refractivity contribution in [1.82, 2.24) is 9.71 Å². The van der Waals surface area contributed by atoms with Gasteiger partial charge in [0.1, 0.15) is 18.1 Å². The standard InChI is InChI=1S/C17H22N2O4S/c1-11-7-12-8-13(5-6-14(12)23-11)24(20,21)18-9-16-19-15(10-22-16)17(2,3)4/h5-6,8,10-11,18H,7,9H2,1-4H3. The summed E-state index contributed by atoms with van der Waals surface area (Å²) in [7, 11) is -3.63. The zero-order chi connectivity index (χ0) is 17.5. The number of sulfonamides is 1. The lowest BCUT2D eigenvalue weighted by atomic mass is 9.93. The van der Waals surface area contributed by atoms with Crippen LogP contribution in [0.5, 0.6) is 5.75 Å². The van der Waals surface area contributed by atoms with E-state index in [4.69, 9.17) is 9.15 Å². The fourth-order valence-corrected chi connectivity index (χ4v) is 3.57. The van der Waals surface area contributed by atoms with Gasteiger partial charge in [-0.05, 0) is 30.7 Å². The van der Waals surface area contributed by atoms with E-state index in [9.17, 15) is 8.42 Å². The molecule has 2 aromatic rings. The van der Waals surface area contributed by atoms with Crippen molar-refractivity contribution in [3.63, 3.8) is 0 Å². The first-order valence-electron chi connectivity index (χ1n) is 7.89. The number of oxazole rings is 1. The summed E-state index contributed by atoms with van der Waals surface area (Å²) in [6.45, 7) is 8.04. The van der Waals surface area contributed by atoms with Crippen molar-refractivity contribution < 1.29 is 17.6 Å². The molecule has 3 rings (SSSR count). The number of ether oxygens (including phenoxy) is 1. The average molecular weight is 350 g/mol. The van der Waals surface area contributed by atoms with Crippen molar-refractivity contribution in [1.29, 1.82) is 0 Å². The van der Waals surface area contributed by atoms with Crippen LogP contribution in [0.4, 0.5) is 0 Å². The second kappa shape index (κ2) is 5.89. The van der Waals surface area contributed by atoms with Crippen LogP contribution in [0.1, 0.15) is 44.8 Å². The normalized spacial score (nSPS) is 17.6. The van der Waals surface area contributed by atoms with E-state index in [1.54, 1.807) is 24.5 Å². The molecule has 1 aromatic heterocycles. The second-order valence-corrected chi connectivity index (χ2v) is 8.87. The maximum Gasteiger partial charge on any atom is 0.241 e. The molecule has 0 aliphatic carbocycles. The van der Waals surface area contributed by atoms with Crippen LogP contribution in [0.3, 0.4) is 0 Å². The smallest absolute Gasteiger partial charge is 0.241 e. The maximum absolute atomic E-state index is 12.5. The van der Waals surface area contributed by atoms with Crippen LogP contribution in [0.15, 0.2) is 33.8 Å². The lowest BCUT2D eigenvalue weighted by molar-refractivity contribution is 0.254. The Morgan fingerprint density at radius 2 is 2.08 bits per heavy atom. The molecule has 0 saturated carbocycles. The monoisotopic (exact) mass is 350 g/mol. The summed E-state index contributed by atoms with van der Waals surface area (Å²) in [5.41, 5.74) is 1.56. The van der Waals surface area contributed by atoms with E-state index in [-0.39, 0.29) is 23.0 Å². The number of hydrogen-bond donors (Lipinski definition) is 1. The van der Waals surface area contributed by atoms with Gasteiger partial charge in [0.2, 0.25) is 15.9 Å². The van der Waals surface area contributed by atoms with Crippen LogP contribution in [0, 0.1) is 0 Å². The molecule has 1 aliphatic rings. The van der Waals surface area contributed by atoms with Crippen molar-refractivity contribution in [3.8, 4) is 5.75 Å². The highest BCUT2D eigenvalue weighted by Crippen LogP contribution is 2.30. The van der Waals surface area contributed by atoms with E-state index < -0.39 is 10.0 Å². The third-order valence-electron chi connectivity index (χ3n) is 3.91. The van der Waals surface area contributed by atoms with Gasteiger partial charge in [-0.15, -0.1) is 0 Å². The Labute approximate surface area is 142 Å². The van der Waals surface area contributed by atoms with Gasteiger partial charge in [-0.25, -0.2) is 18.1 Å². The lowest BCUT2D eigenvalue weighted by Gasteiger charge is -2.13. The Hall–Kier alpha value is -1.86. The van der Waals surface area contributed by atoms with E-state index in [0.717, 1.165) is 17.0 Å². The Balaban J connectivity index is 1.73. The summed E-state index contributed by atoms with van der Waals surface area (Å²) in [6, 6.07) is 4.92. The number of nitrogens with one attached hydrogen (secondary N) is 1. The molecule has 0 spiro atoms. The minimum absolute atomic E-state index is 0.0163. The molecule has 0 amide bonds. The van der Waals surface area contributed by atoms with Crippen molar-refractivity contribution in [2.75, 3.05) is 0 Å². The fourth-order valence-electron chi connectivity index (χ4n) is 2.54. The third-order valence-corrected chi connectivity index (χ3v) is 5.31. The topological polar surface area (TPSA) is 81.4 Å². The van der Waals surface area contributed by atoms with Crippen molar-refractivity contribution >= 4 is 10.0 Å². The van der Waals surface area contributed by atoms with E-state index in [0.29, 0.717) is 12.3 Å². The number of nitrogens with zero attached hydrogens (tertiary/aromatic N) is 1. The summed E-state index contributed by atoms with van der Waals surface area (Å²) < 4.78 is 38.4. The van der Waals surface area contributed by atoms with Gasteiger partial charge < -0.3 is 9.15 Å². The van der Waals surface area contributed by atoms with Gasteiger partial charge >= 0.3 is 0 Å². The minimum atomic E-state index is -3.63. The summed E-state index contributed by atoms with van der Waals surface area (Å²) in [5.74, 6) is 1.10. The molecule has 7 heteroatoms. The van der Waals surface area contributed by atoms with Crippen LogP contribution >= 0.6 is 0 Å². The molecular weight excluding hydrogens is 328 g/mol. The van der Waals surface area contributed by atoms with E-state index >= 15 is 0 Å². The number of benzene rings is 1. The second-order valence-electron chi connectivity index (χ2n) is 7.10.